The average molecular weight is 242 g/mol. The summed E-state index contributed by atoms with van der Waals surface area (Å²) in [5.74, 6) is 0. The van der Waals surface area contributed by atoms with Crippen LogP contribution in [0.5, 0.6) is 0 Å². The van der Waals surface area contributed by atoms with E-state index in [-0.39, 0.29) is 12.6 Å². The van der Waals surface area contributed by atoms with Crippen LogP contribution < -0.4 is 0 Å². The zero-order chi connectivity index (χ0) is 11.4. The molecule has 0 radical (unpaired) electrons. The first kappa shape index (κ1) is 11.9. The number of aliphatic hydroxyl groups is 1. The molecule has 1 unspecified atom stereocenters. The molecule has 1 atom stereocenters. The van der Waals surface area contributed by atoms with Gasteiger partial charge in [-0.2, -0.15) is 0 Å². The van der Waals surface area contributed by atoms with E-state index < -0.39 is 0 Å². The fourth-order valence-corrected chi connectivity index (χ4v) is 2.02. The predicted molar refractivity (Wildman–Crippen MR) is 63.6 cm³/mol. The number of nitrogens with zero attached hydrogens (tertiary/aromatic N) is 1. The van der Waals surface area contributed by atoms with Gasteiger partial charge in [0.1, 0.15) is 0 Å². The zero-order valence-electron chi connectivity index (χ0n) is 9.10. The third-order valence-corrected chi connectivity index (χ3v) is 3.11. The lowest BCUT2D eigenvalue weighted by molar-refractivity contribution is -0.0312. The minimum atomic E-state index is 0.115. The second-order valence-corrected chi connectivity index (χ2v) is 4.44. The molecule has 2 rings (SSSR count). The fourth-order valence-electron chi connectivity index (χ4n) is 1.89. The van der Waals surface area contributed by atoms with Gasteiger partial charge in [0.05, 0.1) is 25.9 Å². The molecule has 0 aliphatic carbocycles. The Balaban J connectivity index is 1.99. The monoisotopic (exact) mass is 241 g/mol. The molecule has 0 bridgehead atoms. The molecule has 1 aromatic carbocycles. The highest BCUT2D eigenvalue weighted by atomic mass is 35.5. The van der Waals surface area contributed by atoms with E-state index in [1.54, 1.807) is 0 Å². The lowest BCUT2D eigenvalue weighted by atomic mass is 10.1. The van der Waals surface area contributed by atoms with Gasteiger partial charge in [-0.1, -0.05) is 23.7 Å². The van der Waals surface area contributed by atoms with Crippen LogP contribution in [0.4, 0.5) is 0 Å². The molecule has 3 nitrogen and oxygen atoms in total. The standard InChI is InChI=1S/C12H16ClNO2/c13-11-3-1-10(2-4-11)7-14-5-6-16-9-12(14)8-15/h1-4,12,15H,5-9H2. The van der Waals surface area contributed by atoms with E-state index in [0.29, 0.717) is 6.61 Å². The molecular weight excluding hydrogens is 226 g/mol. The lowest BCUT2D eigenvalue weighted by Gasteiger charge is -2.34. The van der Waals surface area contributed by atoms with Crippen molar-refractivity contribution in [2.24, 2.45) is 0 Å². The van der Waals surface area contributed by atoms with E-state index in [4.69, 9.17) is 16.3 Å². The third-order valence-electron chi connectivity index (χ3n) is 2.86. The van der Waals surface area contributed by atoms with E-state index in [0.717, 1.165) is 24.7 Å². The van der Waals surface area contributed by atoms with Crippen LogP contribution in [0, 0.1) is 0 Å². The molecule has 0 amide bonds. The highest BCUT2D eigenvalue weighted by Gasteiger charge is 2.21. The minimum Gasteiger partial charge on any atom is -0.395 e. The van der Waals surface area contributed by atoms with E-state index in [2.05, 4.69) is 4.90 Å². The van der Waals surface area contributed by atoms with Crippen molar-refractivity contribution in [2.45, 2.75) is 12.6 Å². The van der Waals surface area contributed by atoms with E-state index in [1.807, 2.05) is 24.3 Å². The molecule has 1 aliphatic rings. The molecule has 1 aliphatic heterocycles. The van der Waals surface area contributed by atoms with E-state index >= 15 is 0 Å². The van der Waals surface area contributed by atoms with Gasteiger partial charge in [-0.05, 0) is 17.7 Å². The van der Waals surface area contributed by atoms with Crippen LogP contribution in [0.1, 0.15) is 5.56 Å². The molecule has 1 saturated heterocycles. The van der Waals surface area contributed by atoms with Crippen LogP contribution >= 0.6 is 11.6 Å². The number of hydrogen-bond acceptors (Lipinski definition) is 3. The van der Waals surface area contributed by atoms with Gasteiger partial charge in [0, 0.05) is 18.1 Å². The number of aliphatic hydroxyl groups excluding tert-OH is 1. The number of rotatable bonds is 3. The Kier molecular flexibility index (Phi) is 4.18. The maximum atomic E-state index is 9.24. The Morgan fingerprint density at radius 3 is 2.81 bits per heavy atom. The van der Waals surface area contributed by atoms with Crippen LogP contribution in [0.2, 0.25) is 5.02 Å². The molecule has 1 N–H and O–H groups in total. The van der Waals surface area contributed by atoms with E-state index in [9.17, 15) is 5.11 Å². The van der Waals surface area contributed by atoms with Gasteiger partial charge in [0.15, 0.2) is 0 Å². The quantitative estimate of drug-likeness (QED) is 0.871. The van der Waals surface area contributed by atoms with Crippen molar-refractivity contribution in [1.29, 1.82) is 0 Å². The summed E-state index contributed by atoms with van der Waals surface area (Å²) in [6.07, 6.45) is 0. The first-order chi connectivity index (χ1) is 7.79. The topological polar surface area (TPSA) is 32.7 Å². The van der Waals surface area contributed by atoms with Gasteiger partial charge < -0.3 is 9.84 Å². The van der Waals surface area contributed by atoms with Crippen molar-refractivity contribution in [3.05, 3.63) is 34.9 Å². The maximum absolute atomic E-state index is 9.24. The zero-order valence-corrected chi connectivity index (χ0v) is 9.86. The maximum Gasteiger partial charge on any atom is 0.0644 e. The summed E-state index contributed by atoms with van der Waals surface area (Å²) in [6.45, 7) is 3.21. The first-order valence-electron chi connectivity index (χ1n) is 5.46. The van der Waals surface area contributed by atoms with E-state index in [1.165, 1.54) is 5.56 Å². The Labute approximate surface area is 101 Å². The van der Waals surface area contributed by atoms with Gasteiger partial charge in [0.25, 0.3) is 0 Å². The first-order valence-corrected chi connectivity index (χ1v) is 5.84. The van der Waals surface area contributed by atoms with Crippen molar-refractivity contribution in [2.75, 3.05) is 26.4 Å². The van der Waals surface area contributed by atoms with Gasteiger partial charge >= 0.3 is 0 Å². The number of benzene rings is 1. The van der Waals surface area contributed by atoms with Crippen LogP contribution in [0.25, 0.3) is 0 Å². The molecule has 1 aromatic rings. The Bertz CT molecular complexity index is 328. The SMILES string of the molecule is OCC1COCCN1Cc1ccc(Cl)cc1. The van der Waals surface area contributed by atoms with Crippen LogP contribution in [0.3, 0.4) is 0 Å². The summed E-state index contributed by atoms with van der Waals surface area (Å²) in [6, 6.07) is 7.94. The number of morpholine rings is 1. The highest BCUT2D eigenvalue weighted by Crippen LogP contribution is 2.14. The van der Waals surface area contributed by atoms with Crippen molar-refractivity contribution in [3.8, 4) is 0 Å². The normalized spacial score (nSPS) is 22.2. The van der Waals surface area contributed by atoms with Crippen molar-refractivity contribution >= 4 is 11.6 Å². The summed E-state index contributed by atoms with van der Waals surface area (Å²) in [7, 11) is 0. The predicted octanol–water partition coefficient (Wildman–Crippen LogP) is 1.53. The van der Waals surface area contributed by atoms with Gasteiger partial charge in [-0.3, -0.25) is 4.90 Å². The summed E-state index contributed by atoms with van der Waals surface area (Å²) < 4.78 is 5.34. The summed E-state index contributed by atoms with van der Waals surface area (Å²) in [5, 5.41) is 9.99. The third kappa shape index (κ3) is 2.95. The van der Waals surface area contributed by atoms with Crippen LogP contribution in [-0.2, 0) is 11.3 Å². The summed E-state index contributed by atoms with van der Waals surface area (Å²) in [4.78, 5) is 2.24. The largest absolute Gasteiger partial charge is 0.395 e. The second kappa shape index (κ2) is 5.64. The average Bonchev–Trinajstić information content (AvgIpc) is 2.33. The van der Waals surface area contributed by atoms with Crippen molar-refractivity contribution in [3.63, 3.8) is 0 Å². The molecule has 0 saturated carbocycles. The smallest absolute Gasteiger partial charge is 0.0644 e. The van der Waals surface area contributed by atoms with Crippen LogP contribution in [-0.4, -0.2) is 42.4 Å². The molecular formula is C12H16ClNO2. The fraction of sp³-hybridized carbons (Fsp3) is 0.500. The summed E-state index contributed by atoms with van der Waals surface area (Å²) >= 11 is 5.84. The second-order valence-electron chi connectivity index (χ2n) is 4.01. The molecule has 88 valence electrons. The minimum absolute atomic E-state index is 0.115. The van der Waals surface area contributed by atoms with Crippen molar-refractivity contribution in [1.82, 2.24) is 4.90 Å². The van der Waals surface area contributed by atoms with Gasteiger partial charge in [-0.25, -0.2) is 0 Å². The van der Waals surface area contributed by atoms with Gasteiger partial charge in [-0.15, -0.1) is 0 Å². The lowest BCUT2D eigenvalue weighted by Crippen LogP contribution is -2.46. The number of hydrogen-bond donors (Lipinski definition) is 1. The highest BCUT2D eigenvalue weighted by molar-refractivity contribution is 6.30. The van der Waals surface area contributed by atoms with Gasteiger partial charge in [0.2, 0.25) is 0 Å². The number of ether oxygens (including phenoxy) is 1. The van der Waals surface area contributed by atoms with Crippen LogP contribution in [0.15, 0.2) is 24.3 Å². The molecule has 0 spiro atoms. The molecule has 1 heterocycles. The Hall–Kier alpha value is -0.610. The molecule has 4 heteroatoms. The molecule has 16 heavy (non-hydrogen) atoms. The molecule has 1 fully saturated rings. The molecule has 0 aromatic heterocycles. The summed E-state index contributed by atoms with van der Waals surface area (Å²) in [5.41, 5.74) is 1.21. The van der Waals surface area contributed by atoms with Crippen molar-refractivity contribution < 1.29 is 9.84 Å². The Morgan fingerprint density at radius 1 is 1.38 bits per heavy atom. The number of halogens is 1. The Morgan fingerprint density at radius 2 is 2.12 bits per heavy atom.